The van der Waals surface area contributed by atoms with Crippen molar-refractivity contribution < 1.29 is 22.7 Å². The highest BCUT2D eigenvalue weighted by atomic mass is 35.5. The first-order valence-electron chi connectivity index (χ1n) is 7.35. The van der Waals surface area contributed by atoms with Gasteiger partial charge in [0.1, 0.15) is 5.02 Å². The van der Waals surface area contributed by atoms with Gasteiger partial charge >= 0.3 is 12.2 Å². The third-order valence-corrected chi connectivity index (χ3v) is 3.09. The molecule has 1 aromatic heterocycles. The van der Waals surface area contributed by atoms with Crippen LogP contribution < -0.4 is 15.4 Å². The summed E-state index contributed by atoms with van der Waals surface area (Å²) in [6.45, 7) is 4.04. The Balaban J connectivity index is 2.65. The summed E-state index contributed by atoms with van der Waals surface area (Å²) in [6, 6.07) is 0.230. The van der Waals surface area contributed by atoms with E-state index < -0.39 is 23.7 Å². The molecule has 3 N–H and O–H groups in total. The van der Waals surface area contributed by atoms with Crippen molar-refractivity contribution in [1.82, 2.24) is 15.6 Å². The predicted octanol–water partition coefficient (Wildman–Crippen LogP) is 4.11. The van der Waals surface area contributed by atoms with Crippen molar-refractivity contribution in [2.45, 2.75) is 32.9 Å². The SMILES string of the molecule is CCCCNC(=O)N/C(C)=C\C(=N)Oc1ncc(C(F)(F)F)cc1Cl. The van der Waals surface area contributed by atoms with E-state index >= 15 is 0 Å². The first kappa shape index (κ1) is 20.8. The number of ether oxygens (including phenoxy) is 1. The molecule has 1 heterocycles. The molecule has 0 aliphatic heterocycles. The van der Waals surface area contributed by atoms with E-state index in [1.165, 1.54) is 13.0 Å². The van der Waals surface area contributed by atoms with Crippen LogP contribution in [0, 0.1) is 5.41 Å². The number of carbonyl (C=O) groups excluding carboxylic acids is 1. The first-order valence-corrected chi connectivity index (χ1v) is 7.73. The van der Waals surface area contributed by atoms with Gasteiger partial charge < -0.3 is 15.4 Å². The lowest BCUT2D eigenvalue weighted by Gasteiger charge is -2.10. The number of alkyl halides is 3. The van der Waals surface area contributed by atoms with Crippen LogP contribution in [0.2, 0.25) is 5.02 Å². The minimum atomic E-state index is -4.58. The van der Waals surface area contributed by atoms with Crippen molar-refractivity contribution in [1.29, 1.82) is 5.41 Å². The maximum absolute atomic E-state index is 12.5. The van der Waals surface area contributed by atoms with Gasteiger partial charge in [0.2, 0.25) is 11.8 Å². The summed E-state index contributed by atoms with van der Waals surface area (Å²) in [4.78, 5) is 15.0. The fraction of sp³-hybridized carbons (Fsp3) is 0.400. The Hall–Kier alpha value is -2.29. The van der Waals surface area contributed by atoms with E-state index in [4.69, 9.17) is 21.7 Å². The zero-order valence-electron chi connectivity index (χ0n) is 13.6. The second-order valence-corrected chi connectivity index (χ2v) is 5.44. The maximum Gasteiger partial charge on any atom is 0.417 e. The Morgan fingerprint density at radius 3 is 2.72 bits per heavy atom. The number of nitrogens with zero attached hydrogens (tertiary/aromatic N) is 1. The van der Waals surface area contributed by atoms with E-state index in [9.17, 15) is 18.0 Å². The van der Waals surface area contributed by atoms with Gasteiger partial charge in [0.05, 0.1) is 5.56 Å². The molecule has 0 aromatic carbocycles. The molecule has 0 unspecified atom stereocenters. The van der Waals surface area contributed by atoms with Crippen molar-refractivity contribution in [2.75, 3.05) is 6.54 Å². The second kappa shape index (κ2) is 9.26. The lowest BCUT2D eigenvalue weighted by atomic mass is 10.3. The third-order valence-electron chi connectivity index (χ3n) is 2.82. The van der Waals surface area contributed by atoms with Gasteiger partial charge in [-0.15, -0.1) is 0 Å². The van der Waals surface area contributed by atoms with Gasteiger partial charge in [-0.25, -0.2) is 9.78 Å². The summed E-state index contributed by atoms with van der Waals surface area (Å²) >= 11 is 5.69. The highest BCUT2D eigenvalue weighted by Crippen LogP contribution is 2.33. The number of pyridine rings is 1. The molecule has 138 valence electrons. The lowest BCUT2D eigenvalue weighted by Crippen LogP contribution is -2.35. The van der Waals surface area contributed by atoms with Crippen molar-refractivity contribution in [2.24, 2.45) is 0 Å². The van der Waals surface area contributed by atoms with Gasteiger partial charge in [-0.05, 0) is 19.4 Å². The van der Waals surface area contributed by atoms with E-state index in [-0.39, 0.29) is 10.9 Å². The molecule has 10 heteroatoms. The summed E-state index contributed by atoms with van der Waals surface area (Å²) in [5.74, 6) is -0.781. The number of halogens is 4. The fourth-order valence-electron chi connectivity index (χ4n) is 1.62. The van der Waals surface area contributed by atoms with Gasteiger partial charge in [-0.2, -0.15) is 13.2 Å². The monoisotopic (exact) mass is 378 g/mol. The van der Waals surface area contributed by atoms with Crippen molar-refractivity contribution in [3.63, 3.8) is 0 Å². The van der Waals surface area contributed by atoms with E-state index in [1.54, 1.807) is 0 Å². The molecule has 0 atom stereocenters. The van der Waals surface area contributed by atoms with Crippen molar-refractivity contribution >= 4 is 23.5 Å². The Labute approximate surface area is 147 Å². The van der Waals surface area contributed by atoms with Gasteiger partial charge in [0.25, 0.3) is 0 Å². The summed E-state index contributed by atoms with van der Waals surface area (Å²) in [6.07, 6.45) is -1.06. The molecular weight excluding hydrogens is 361 g/mol. The molecule has 0 radical (unpaired) electrons. The minimum absolute atomic E-state index is 0.307. The average Bonchev–Trinajstić information content (AvgIpc) is 2.48. The van der Waals surface area contributed by atoms with Crippen molar-refractivity contribution in [3.05, 3.63) is 34.6 Å². The molecular formula is C15H18ClF3N4O2. The number of nitrogens with one attached hydrogen (secondary N) is 3. The number of hydrogen-bond acceptors (Lipinski definition) is 4. The zero-order chi connectivity index (χ0) is 19.0. The minimum Gasteiger partial charge on any atom is -0.420 e. The second-order valence-electron chi connectivity index (χ2n) is 5.04. The third kappa shape index (κ3) is 7.42. The largest absolute Gasteiger partial charge is 0.420 e. The fourth-order valence-corrected chi connectivity index (χ4v) is 1.83. The summed E-state index contributed by atoms with van der Waals surface area (Å²) in [7, 11) is 0. The highest BCUT2D eigenvalue weighted by molar-refractivity contribution is 6.32. The standard InChI is InChI=1S/C15H18ClF3N4O2/c1-3-4-5-21-14(24)23-9(2)6-12(20)25-13-11(16)7-10(8-22-13)15(17,18)19/h6-8,20H,3-5H2,1-2H3,(H2,21,23,24)/b9-6-,20-12?. The number of urea groups is 1. The zero-order valence-corrected chi connectivity index (χ0v) is 14.4. The number of carbonyl (C=O) groups is 1. The van der Waals surface area contributed by atoms with Crippen LogP contribution in [0.1, 0.15) is 32.3 Å². The van der Waals surface area contributed by atoms with Crippen LogP contribution in [0.4, 0.5) is 18.0 Å². The molecule has 2 amide bonds. The molecule has 0 spiro atoms. The van der Waals surface area contributed by atoms with Crippen LogP contribution in [-0.4, -0.2) is 23.5 Å². The Morgan fingerprint density at radius 2 is 2.16 bits per heavy atom. The number of amides is 2. The first-order chi connectivity index (χ1) is 11.6. The van der Waals surface area contributed by atoms with Gasteiger partial charge in [0, 0.05) is 24.5 Å². The number of rotatable bonds is 6. The molecule has 1 aromatic rings. The molecule has 0 fully saturated rings. The predicted molar refractivity (Wildman–Crippen MR) is 87.8 cm³/mol. The quantitative estimate of drug-likeness (QED) is 0.395. The van der Waals surface area contributed by atoms with E-state index in [1.807, 2.05) is 6.92 Å². The van der Waals surface area contributed by atoms with Crippen LogP contribution in [0.3, 0.4) is 0 Å². The molecule has 1 rings (SSSR count). The molecule has 0 bridgehead atoms. The van der Waals surface area contributed by atoms with Crippen LogP contribution in [0.15, 0.2) is 24.0 Å². The molecule has 0 saturated heterocycles. The summed E-state index contributed by atoms with van der Waals surface area (Å²) in [5.41, 5.74) is -0.712. The van der Waals surface area contributed by atoms with Gasteiger partial charge in [0.15, 0.2) is 0 Å². The normalized spacial score (nSPS) is 11.8. The Morgan fingerprint density at radius 1 is 1.48 bits per heavy atom. The number of unbranched alkanes of at least 4 members (excludes halogenated alkanes) is 1. The van der Waals surface area contributed by atoms with E-state index in [0.717, 1.165) is 12.8 Å². The molecule has 0 aliphatic rings. The average molecular weight is 379 g/mol. The number of allylic oxidation sites excluding steroid dienone is 1. The van der Waals surface area contributed by atoms with Crippen LogP contribution in [-0.2, 0) is 6.18 Å². The Kier molecular flexibility index (Phi) is 7.69. The summed E-state index contributed by atoms with van der Waals surface area (Å²) < 4.78 is 42.6. The van der Waals surface area contributed by atoms with Crippen LogP contribution in [0.5, 0.6) is 5.88 Å². The smallest absolute Gasteiger partial charge is 0.417 e. The number of hydrogen-bond donors (Lipinski definition) is 3. The lowest BCUT2D eigenvalue weighted by molar-refractivity contribution is -0.137. The van der Waals surface area contributed by atoms with Gasteiger partial charge in [-0.3, -0.25) is 5.41 Å². The molecule has 25 heavy (non-hydrogen) atoms. The van der Waals surface area contributed by atoms with E-state index in [0.29, 0.717) is 24.5 Å². The molecule has 0 saturated carbocycles. The maximum atomic E-state index is 12.5. The number of aromatic nitrogens is 1. The van der Waals surface area contributed by atoms with Crippen molar-refractivity contribution in [3.8, 4) is 5.88 Å². The highest BCUT2D eigenvalue weighted by Gasteiger charge is 2.31. The van der Waals surface area contributed by atoms with Crippen LogP contribution in [0.25, 0.3) is 0 Å². The van der Waals surface area contributed by atoms with Crippen LogP contribution >= 0.6 is 11.6 Å². The molecule has 6 nitrogen and oxygen atoms in total. The van der Waals surface area contributed by atoms with E-state index in [2.05, 4.69) is 15.6 Å². The van der Waals surface area contributed by atoms with Gasteiger partial charge in [-0.1, -0.05) is 24.9 Å². The Bertz CT molecular complexity index is 663. The topological polar surface area (TPSA) is 87.1 Å². The molecule has 0 aliphatic carbocycles. The summed E-state index contributed by atoms with van der Waals surface area (Å²) in [5, 5.41) is 12.4.